The molecule has 0 spiro atoms. The molecule has 1 rings (SSSR count). The molecule has 0 saturated heterocycles. The van der Waals surface area contributed by atoms with Crippen LogP contribution in [0.15, 0.2) is 6.33 Å². The quantitative estimate of drug-likeness (QED) is 0.719. The summed E-state index contributed by atoms with van der Waals surface area (Å²) in [6, 6.07) is 0. The van der Waals surface area contributed by atoms with E-state index in [-0.39, 0.29) is 0 Å². The Morgan fingerprint density at radius 3 is 3.08 bits per heavy atom. The molecular weight excluding hydrogens is 178 g/mol. The minimum Gasteiger partial charge on any atom is -0.333 e. The fourth-order valence-corrected chi connectivity index (χ4v) is 1.30. The van der Waals surface area contributed by atoms with Crippen LogP contribution in [0.25, 0.3) is 0 Å². The highest BCUT2D eigenvalue weighted by atomic mass is 35.5. The first-order chi connectivity index (χ1) is 5.79. The molecule has 0 unspecified atom stereocenters. The number of hydrogen-bond donors (Lipinski definition) is 1. The van der Waals surface area contributed by atoms with Gasteiger partial charge >= 0.3 is 0 Å². The van der Waals surface area contributed by atoms with E-state index in [2.05, 4.69) is 9.82 Å². The Hall–Kier alpha value is -0.580. The van der Waals surface area contributed by atoms with Crippen molar-refractivity contribution in [1.29, 1.82) is 0 Å². The van der Waals surface area contributed by atoms with E-state index in [1.54, 1.807) is 6.33 Å². The smallest absolute Gasteiger partial charge is 0.150 e. The summed E-state index contributed by atoms with van der Waals surface area (Å²) in [4.78, 5) is 8.44. The zero-order chi connectivity index (χ0) is 8.97. The Kier molecular flexibility index (Phi) is 3.52. The van der Waals surface area contributed by atoms with Gasteiger partial charge in [-0.1, -0.05) is 11.6 Å². The number of hydrogen-bond acceptors (Lipinski definition) is 3. The van der Waals surface area contributed by atoms with Gasteiger partial charge in [0, 0.05) is 13.0 Å². The SMILES string of the molecule is CCn1cnc(Cl)c1CCON. The van der Waals surface area contributed by atoms with Gasteiger partial charge in [-0.25, -0.2) is 10.9 Å². The number of imidazole rings is 1. The molecular formula is C7H12ClN3O. The van der Waals surface area contributed by atoms with E-state index in [1.807, 2.05) is 11.5 Å². The van der Waals surface area contributed by atoms with Gasteiger partial charge in [-0.15, -0.1) is 0 Å². The van der Waals surface area contributed by atoms with E-state index >= 15 is 0 Å². The van der Waals surface area contributed by atoms with Crippen LogP contribution in [0.2, 0.25) is 5.15 Å². The average molecular weight is 190 g/mol. The van der Waals surface area contributed by atoms with Crippen molar-refractivity contribution in [2.24, 2.45) is 5.90 Å². The zero-order valence-corrected chi connectivity index (χ0v) is 7.71. The highest BCUT2D eigenvalue weighted by molar-refractivity contribution is 6.30. The molecule has 0 aliphatic heterocycles. The molecule has 0 aromatic carbocycles. The highest BCUT2D eigenvalue weighted by Gasteiger charge is 2.06. The minimum atomic E-state index is 0.464. The molecule has 1 aromatic rings. The summed E-state index contributed by atoms with van der Waals surface area (Å²) in [5, 5.41) is 0.536. The van der Waals surface area contributed by atoms with E-state index in [0.717, 1.165) is 12.2 Å². The molecule has 0 radical (unpaired) electrons. The highest BCUT2D eigenvalue weighted by Crippen LogP contribution is 2.13. The Labute approximate surface area is 76.2 Å². The maximum absolute atomic E-state index is 5.83. The summed E-state index contributed by atoms with van der Waals surface area (Å²) in [6.07, 6.45) is 2.41. The van der Waals surface area contributed by atoms with Crippen molar-refractivity contribution < 1.29 is 4.84 Å². The third-order valence-electron chi connectivity index (χ3n) is 1.69. The molecule has 0 saturated carbocycles. The second-order valence-corrected chi connectivity index (χ2v) is 2.75. The molecule has 0 aliphatic rings. The standard InChI is InChI=1S/C7H12ClN3O/c1-2-11-5-10-7(8)6(11)3-4-12-9/h5H,2-4,9H2,1H3. The topological polar surface area (TPSA) is 53.1 Å². The number of nitrogens with two attached hydrogens (primary N) is 1. The maximum atomic E-state index is 5.83. The maximum Gasteiger partial charge on any atom is 0.150 e. The first kappa shape index (κ1) is 9.51. The van der Waals surface area contributed by atoms with Gasteiger partial charge in [-0.3, -0.25) is 0 Å². The van der Waals surface area contributed by atoms with Gasteiger partial charge in [0.25, 0.3) is 0 Å². The van der Waals surface area contributed by atoms with Gasteiger partial charge in [0.15, 0.2) is 0 Å². The third kappa shape index (κ3) is 1.97. The largest absolute Gasteiger partial charge is 0.333 e. The molecule has 5 heteroatoms. The van der Waals surface area contributed by atoms with E-state index in [1.165, 1.54) is 0 Å². The van der Waals surface area contributed by atoms with Crippen molar-refractivity contribution >= 4 is 11.6 Å². The second-order valence-electron chi connectivity index (χ2n) is 2.39. The molecule has 0 amide bonds. The lowest BCUT2D eigenvalue weighted by Crippen LogP contribution is -2.07. The molecule has 68 valence electrons. The monoisotopic (exact) mass is 189 g/mol. The molecule has 2 N–H and O–H groups in total. The summed E-state index contributed by atoms with van der Waals surface area (Å²) in [5.74, 6) is 4.91. The van der Waals surface area contributed by atoms with Crippen molar-refractivity contribution in [3.8, 4) is 0 Å². The lowest BCUT2D eigenvalue weighted by molar-refractivity contribution is 0.140. The van der Waals surface area contributed by atoms with Crippen LogP contribution >= 0.6 is 11.6 Å². The van der Waals surface area contributed by atoms with Crippen LogP contribution in [0.4, 0.5) is 0 Å². The summed E-state index contributed by atoms with van der Waals surface area (Å²) in [7, 11) is 0. The molecule has 0 aliphatic carbocycles. The van der Waals surface area contributed by atoms with E-state index < -0.39 is 0 Å². The fourth-order valence-electron chi connectivity index (χ4n) is 1.06. The second kappa shape index (κ2) is 4.45. The van der Waals surface area contributed by atoms with Gasteiger partial charge in [0.05, 0.1) is 18.6 Å². The van der Waals surface area contributed by atoms with Crippen molar-refractivity contribution in [3.63, 3.8) is 0 Å². The van der Waals surface area contributed by atoms with Crippen LogP contribution in [0.5, 0.6) is 0 Å². The minimum absolute atomic E-state index is 0.464. The molecule has 1 aromatic heterocycles. The summed E-state index contributed by atoms with van der Waals surface area (Å²) in [5.41, 5.74) is 0.976. The van der Waals surface area contributed by atoms with E-state index in [4.69, 9.17) is 17.5 Å². The Morgan fingerprint density at radius 2 is 2.50 bits per heavy atom. The normalized spacial score (nSPS) is 10.6. The number of nitrogens with zero attached hydrogens (tertiary/aromatic N) is 2. The van der Waals surface area contributed by atoms with Crippen molar-refractivity contribution in [3.05, 3.63) is 17.2 Å². The van der Waals surface area contributed by atoms with Crippen molar-refractivity contribution in [2.45, 2.75) is 19.9 Å². The number of rotatable bonds is 4. The van der Waals surface area contributed by atoms with Gasteiger partial charge < -0.3 is 9.40 Å². The first-order valence-corrected chi connectivity index (χ1v) is 4.18. The Bertz CT molecular complexity index is 249. The molecule has 4 nitrogen and oxygen atoms in total. The molecule has 1 heterocycles. The number of aryl methyl sites for hydroxylation is 1. The van der Waals surface area contributed by atoms with Crippen molar-refractivity contribution in [1.82, 2.24) is 9.55 Å². The lowest BCUT2D eigenvalue weighted by atomic mass is 10.3. The van der Waals surface area contributed by atoms with E-state index in [0.29, 0.717) is 18.2 Å². The summed E-state index contributed by atoms with van der Waals surface area (Å²) >= 11 is 5.83. The molecule has 12 heavy (non-hydrogen) atoms. The molecule has 0 fully saturated rings. The van der Waals surface area contributed by atoms with Crippen LogP contribution in [0.3, 0.4) is 0 Å². The number of halogens is 1. The van der Waals surface area contributed by atoms with Gasteiger partial charge in [-0.2, -0.15) is 0 Å². The fraction of sp³-hybridized carbons (Fsp3) is 0.571. The third-order valence-corrected chi connectivity index (χ3v) is 2.01. The molecule has 0 bridgehead atoms. The summed E-state index contributed by atoms with van der Waals surface area (Å²) in [6.45, 7) is 3.36. The van der Waals surface area contributed by atoms with E-state index in [9.17, 15) is 0 Å². The molecule has 0 atom stereocenters. The van der Waals surface area contributed by atoms with Gasteiger partial charge in [0.1, 0.15) is 5.15 Å². The van der Waals surface area contributed by atoms with Crippen LogP contribution in [0.1, 0.15) is 12.6 Å². The van der Waals surface area contributed by atoms with Crippen molar-refractivity contribution in [2.75, 3.05) is 6.61 Å². The Morgan fingerprint density at radius 1 is 1.75 bits per heavy atom. The average Bonchev–Trinajstić information content (AvgIpc) is 2.43. The predicted octanol–water partition coefficient (Wildman–Crippen LogP) is 0.989. The van der Waals surface area contributed by atoms with Crippen LogP contribution in [-0.2, 0) is 17.8 Å². The first-order valence-electron chi connectivity index (χ1n) is 3.80. The predicted molar refractivity (Wildman–Crippen MR) is 46.8 cm³/mol. The number of aromatic nitrogens is 2. The van der Waals surface area contributed by atoms with Crippen LogP contribution in [-0.4, -0.2) is 16.2 Å². The Balaban J connectivity index is 2.72. The van der Waals surface area contributed by atoms with Gasteiger partial charge in [0.2, 0.25) is 0 Å². The van der Waals surface area contributed by atoms with Crippen LogP contribution in [0, 0.1) is 0 Å². The van der Waals surface area contributed by atoms with Crippen LogP contribution < -0.4 is 5.90 Å². The zero-order valence-electron chi connectivity index (χ0n) is 6.96. The summed E-state index contributed by atoms with van der Waals surface area (Å²) < 4.78 is 1.97. The van der Waals surface area contributed by atoms with Gasteiger partial charge in [-0.05, 0) is 6.92 Å². The lowest BCUT2D eigenvalue weighted by Gasteiger charge is -2.03.